The Bertz CT molecular complexity index is 487. The van der Waals surface area contributed by atoms with E-state index in [1.165, 1.54) is 0 Å². The fourth-order valence-corrected chi connectivity index (χ4v) is 2.45. The second-order valence-corrected chi connectivity index (χ2v) is 3.95. The van der Waals surface area contributed by atoms with Crippen LogP contribution in [-0.2, 0) is 6.42 Å². The van der Waals surface area contributed by atoms with E-state index in [2.05, 4.69) is 27.8 Å². The molecular formula is C11H10BrNO. The smallest absolute Gasteiger partial charge is 0.150 e. The Hall–Kier alpha value is -1.09. The standard InChI is InChI=1S/C11H10BrNO/c1-2-8-11(12)10-7(6-14)4-3-5-9(10)13-8/h3-6,13H,2H2,1H3. The summed E-state index contributed by atoms with van der Waals surface area (Å²) in [5, 5.41) is 0.986. The summed E-state index contributed by atoms with van der Waals surface area (Å²) < 4.78 is 1.01. The first-order valence-corrected chi connectivity index (χ1v) is 5.31. The van der Waals surface area contributed by atoms with E-state index in [1.807, 2.05) is 18.2 Å². The Morgan fingerprint density at radius 1 is 1.50 bits per heavy atom. The van der Waals surface area contributed by atoms with Crippen LogP contribution in [0.3, 0.4) is 0 Å². The third-order valence-electron chi connectivity index (χ3n) is 2.35. The molecule has 2 nitrogen and oxygen atoms in total. The molecular weight excluding hydrogens is 242 g/mol. The van der Waals surface area contributed by atoms with Crippen LogP contribution in [0, 0.1) is 0 Å². The molecule has 1 N–H and O–H groups in total. The minimum Gasteiger partial charge on any atom is -0.357 e. The van der Waals surface area contributed by atoms with Gasteiger partial charge in [0.1, 0.15) is 0 Å². The van der Waals surface area contributed by atoms with Crippen LogP contribution >= 0.6 is 15.9 Å². The third-order valence-corrected chi connectivity index (χ3v) is 3.22. The van der Waals surface area contributed by atoms with Gasteiger partial charge in [-0.05, 0) is 28.4 Å². The number of benzene rings is 1. The molecule has 0 fully saturated rings. The molecule has 1 heterocycles. The lowest BCUT2D eigenvalue weighted by atomic mass is 10.1. The van der Waals surface area contributed by atoms with Gasteiger partial charge in [-0.1, -0.05) is 19.1 Å². The molecule has 1 aromatic heterocycles. The minimum absolute atomic E-state index is 0.727. The van der Waals surface area contributed by atoms with Crippen LogP contribution in [-0.4, -0.2) is 11.3 Å². The van der Waals surface area contributed by atoms with E-state index in [1.54, 1.807) is 0 Å². The predicted octanol–water partition coefficient (Wildman–Crippen LogP) is 3.31. The zero-order chi connectivity index (χ0) is 10.1. The molecule has 0 atom stereocenters. The van der Waals surface area contributed by atoms with Crippen molar-refractivity contribution in [1.82, 2.24) is 4.98 Å². The second kappa shape index (κ2) is 3.58. The molecule has 0 aliphatic rings. The van der Waals surface area contributed by atoms with E-state index in [9.17, 15) is 4.79 Å². The summed E-state index contributed by atoms with van der Waals surface area (Å²) in [5.41, 5.74) is 2.87. The number of carbonyl (C=O) groups excluding carboxylic acids is 1. The number of H-pyrrole nitrogens is 1. The average molecular weight is 252 g/mol. The Labute approximate surface area is 90.4 Å². The lowest BCUT2D eigenvalue weighted by Gasteiger charge is -1.94. The first-order valence-electron chi connectivity index (χ1n) is 4.52. The van der Waals surface area contributed by atoms with Crippen LogP contribution in [0.25, 0.3) is 10.9 Å². The summed E-state index contributed by atoms with van der Waals surface area (Å²) in [6, 6.07) is 5.69. The summed E-state index contributed by atoms with van der Waals surface area (Å²) in [5.74, 6) is 0. The van der Waals surface area contributed by atoms with E-state index < -0.39 is 0 Å². The highest BCUT2D eigenvalue weighted by molar-refractivity contribution is 9.10. The van der Waals surface area contributed by atoms with Gasteiger partial charge < -0.3 is 4.98 Å². The second-order valence-electron chi connectivity index (χ2n) is 3.16. The summed E-state index contributed by atoms with van der Waals surface area (Å²) in [7, 11) is 0. The molecule has 14 heavy (non-hydrogen) atoms. The maximum Gasteiger partial charge on any atom is 0.150 e. The van der Waals surface area contributed by atoms with Gasteiger partial charge in [-0.25, -0.2) is 0 Å². The lowest BCUT2D eigenvalue weighted by molar-refractivity contribution is 0.112. The summed E-state index contributed by atoms with van der Waals surface area (Å²) >= 11 is 3.51. The van der Waals surface area contributed by atoms with Crippen molar-refractivity contribution in [2.24, 2.45) is 0 Å². The first kappa shape index (κ1) is 9.46. The van der Waals surface area contributed by atoms with Gasteiger partial charge in [0.2, 0.25) is 0 Å². The van der Waals surface area contributed by atoms with Crippen LogP contribution in [0.5, 0.6) is 0 Å². The van der Waals surface area contributed by atoms with Crippen LogP contribution < -0.4 is 0 Å². The SMILES string of the molecule is CCc1[nH]c2cccc(C=O)c2c1Br. The highest BCUT2D eigenvalue weighted by Crippen LogP contribution is 2.30. The molecule has 2 rings (SSSR count). The minimum atomic E-state index is 0.727. The van der Waals surface area contributed by atoms with Crippen molar-refractivity contribution in [3.05, 3.63) is 33.9 Å². The predicted molar refractivity (Wildman–Crippen MR) is 60.8 cm³/mol. The number of hydrogen-bond acceptors (Lipinski definition) is 1. The molecule has 0 aliphatic heterocycles. The van der Waals surface area contributed by atoms with Crippen molar-refractivity contribution in [1.29, 1.82) is 0 Å². The molecule has 0 radical (unpaired) electrons. The number of hydrogen-bond donors (Lipinski definition) is 1. The number of fused-ring (bicyclic) bond motifs is 1. The summed E-state index contributed by atoms with van der Waals surface area (Å²) in [6.07, 6.45) is 1.81. The quantitative estimate of drug-likeness (QED) is 0.817. The molecule has 0 amide bonds. The van der Waals surface area contributed by atoms with Crippen molar-refractivity contribution < 1.29 is 4.79 Å². The molecule has 0 bridgehead atoms. The van der Waals surface area contributed by atoms with Crippen LogP contribution in [0.2, 0.25) is 0 Å². The molecule has 0 unspecified atom stereocenters. The molecule has 0 aliphatic carbocycles. The van der Waals surface area contributed by atoms with E-state index in [4.69, 9.17) is 0 Å². The number of halogens is 1. The van der Waals surface area contributed by atoms with E-state index in [0.717, 1.165) is 39.3 Å². The van der Waals surface area contributed by atoms with E-state index in [-0.39, 0.29) is 0 Å². The summed E-state index contributed by atoms with van der Waals surface area (Å²) in [6.45, 7) is 2.08. The number of aryl methyl sites for hydroxylation is 1. The number of aldehydes is 1. The molecule has 0 saturated carbocycles. The van der Waals surface area contributed by atoms with Crippen molar-refractivity contribution in [2.75, 3.05) is 0 Å². The van der Waals surface area contributed by atoms with Crippen molar-refractivity contribution >= 4 is 33.1 Å². The maximum absolute atomic E-state index is 10.8. The fourth-order valence-electron chi connectivity index (χ4n) is 1.63. The van der Waals surface area contributed by atoms with Gasteiger partial charge in [0.25, 0.3) is 0 Å². The van der Waals surface area contributed by atoms with Gasteiger partial charge in [0.15, 0.2) is 6.29 Å². The van der Waals surface area contributed by atoms with E-state index >= 15 is 0 Å². The molecule has 0 saturated heterocycles. The summed E-state index contributed by atoms with van der Waals surface area (Å²) in [4.78, 5) is 14.1. The monoisotopic (exact) mass is 251 g/mol. The van der Waals surface area contributed by atoms with Crippen molar-refractivity contribution in [3.8, 4) is 0 Å². The highest BCUT2D eigenvalue weighted by Gasteiger charge is 2.10. The molecule has 0 spiro atoms. The number of nitrogens with one attached hydrogen (secondary N) is 1. The molecule has 2 aromatic rings. The third kappa shape index (κ3) is 1.28. The number of carbonyl (C=O) groups is 1. The molecule has 1 aromatic carbocycles. The van der Waals surface area contributed by atoms with Gasteiger partial charge in [0.05, 0.1) is 0 Å². The number of rotatable bonds is 2. The molecule has 3 heteroatoms. The normalized spacial score (nSPS) is 10.7. The average Bonchev–Trinajstić information content (AvgIpc) is 2.55. The van der Waals surface area contributed by atoms with Gasteiger partial charge in [-0.2, -0.15) is 0 Å². The topological polar surface area (TPSA) is 32.9 Å². The number of aromatic amines is 1. The fraction of sp³-hybridized carbons (Fsp3) is 0.182. The Balaban J connectivity index is 2.85. The highest BCUT2D eigenvalue weighted by atomic mass is 79.9. The van der Waals surface area contributed by atoms with Crippen LogP contribution in [0.15, 0.2) is 22.7 Å². The zero-order valence-corrected chi connectivity index (χ0v) is 9.39. The van der Waals surface area contributed by atoms with Gasteiger partial charge in [-0.15, -0.1) is 0 Å². The molecule has 72 valence electrons. The van der Waals surface area contributed by atoms with E-state index in [0.29, 0.717) is 0 Å². The first-order chi connectivity index (χ1) is 6.77. The van der Waals surface area contributed by atoms with Gasteiger partial charge in [-0.3, -0.25) is 4.79 Å². The van der Waals surface area contributed by atoms with Gasteiger partial charge >= 0.3 is 0 Å². The Morgan fingerprint density at radius 2 is 2.29 bits per heavy atom. The van der Waals surface area contributed by atoms with Crippen LogP contribution in [0.1, 0.15) is 23.0 Å². The van der Waals surface area contributed by atoms with Crippen molar-refractivity contribution in [3.63, 3.8) is 0 Å². The Kier molecular flexibility index (Phi) is 2.42. The van der Waals surface area contributed by atoms with Gasteiger partial charge in [0, 0.05) is 26.6 Å². The lowest BCUT2D eigenvalue weighted by Crippen LogP contribution is -1.80. The Morgan fingerprint density at radius 3 is 2.93 bits per heavy atom. The van der Waals surface area contributed by atoms with Crippen molar-refractivity contribution in [2.45, 2.75) is 13.3 Å². The van der Waals surface area contributed by atoms with Crippen LogP contribution in [0.4, 0.5) is 0 Å². The largest absolute Gasteiger partial charge is 0.357 e. The maximum atomic E-state index is 10.8. The zero-order valence-electron chi connectivity index (χ0n) is 7.80. The number of aromatic nitrogens is 1.